The van der Waals surface area contributed by atoms with Gasteiger partial charge in [-0.05, 0) is 61.3 Å². The molecule has 1 aromatic carbocycles. The molecule has 4 rings (SSSR count). The monoisotopic (exact) mass is 596 g/mol. The average Bonchev–Trinajstić information content (AvgIpc) is 3.67. The van der Waals surface area contributed by atoms with Crippen LogP contribution in [0, 0.1) is 16.7 Å². The number of halogens is 1. The van der Waals surface area contributed by atoms with E-state index in [2.05, 4.69) is 26.8 Å². The highest BCUT2D eigenvalue weighted by molar-refractivity contribution is 8.93. The summed E-state index contributed by atoms with van der Waals surface area (Å²) in [7, 11) is 0. The van der Waals surface area contributed by atoms with Gasteiger partial charge in [0.25, 0.3) is 0 Å². The maximum atomic E-state index is 13.5. The molecular weight excluding hydrogens is 560 g/mol. The Hall–Kier alpha value is -3.25. The van der Waals surface area contributed by atoms with Crippen LogP contribution < -0.4 is 4.74 Å². The lowest BCUT2D eigenvalue weighted by Crippen LogP contribution is -2.31. The molecular formula is C30H37BrN4O4. The number of carboxylic acids is 1. The summed E-state index contributed by atoms with van der Waals surface area (Å²) in [4.78, 5) is 30.9. The van der Waals surface area contributed by atoms with Gasteiger partial charge in [-0.1, -0.05) is 26.8 Å². The number of carbonyl (C=O) groups is 2. The number of benzene rings is 1. The molecule has 1 fully saturated rings. The first-order valence-electron chi connectivity index (χ1n) is 13.3. The molecule has 0 radical (unpaired) electrons. The Kier molecular flexibility index (Phi) is 9.89. The Labute approximate surface area is 240 Å². The van der Waals surface area contributed by atoms with Crippen molar-refractivity contribution in [3.63, 3.8) is 0 Å². The number of Topliss-reactive ketones (excluding diaryl/α,β-unsaturated/α-hetero) is 1. The van der Waals surface area contributed by atoms with Crippen molar-refractivity contribution in [1.82, 2.24) is 9.88 Å². The smallest absolute Gasteiger partial charge is 0.303 e. The molecule has 0 amide bonds. The van der Waals surface area contributed by atoms with Gasteiger partial charge in [-0.15, -0.1) is 17.0 Å². The van der Waals surface area contributed by atoms with Crippen molar-refractivity contribution in [2.75, 3.05) is 13.2 Å². The number of rotatable bonds is 12. The third kappa shape index (κ3) is 7.45. The first kappa shape index (κ1) is 30.3. The van der Waals surface area contributed by atoms with Gasteiger partial charge in [0.15, 0.2) is 5.78 Å². The molecule has 0 bridgehead atoms. The number of nitrogens with zero attached hydrogens (tertiary/aromatic N) is 3. The van der Waals surface area contributed by atoms with Gasteiger partial charge in [0.05, 0.1) is 19.2 Å². The minimum absolute atomic E-state index is 0. The number of aliphatic carboxylic acids is 1. The molecule has 9 heteroatoms. The van der Waals surface area contributed by atoms with Crippen molar-refractivity contribution in [1.29, 1.82) is 10.7 Å². The number of carboxylic acid groups (broad SMARTS) is 1. The second kappa shape index (κ2) is 12.7. The summed E-state index contributed by atoms with van der Waals surface area (Å²) in [5, 5.41) is 26.8. The lowest BCUT2D eigenvalue weighted by atomic mass is 9.83. The summed E-state index contributed by atoms with van der Waals surface area (Å²) in [6.07, 6.45) is 4.24. The van der Waals surface area contributed by atoms with Crippen LogP contribution in [0.25, 0.3) is 0 Å². The van der Waals surface area contributed by atoms with E-state index in [1.165, 1.54) is 0 Å². The second-order valence-electron chi connectivity index (χ2n) is 11.3. The third-order valence-electron chi connectivity index (χ3n) is 7.07. The number of ether oxygens (including phenoxy) is 1. The number of carbonyl (C=O) groups excluding carboxylic acids is 1. The van der Waals surface area contributed by atoms with Crippen molar-refractivity contribution >= 4 is 34.6 Å². The molecule has 1 aliphatic carbocycles. The zero-order chi connectivity index (χ0) is 27.4. The van der Waals surface area contributed by atoms with Gasteiger partial charge in [0, 0.05) is 47.7 Å². The molecule has 2 heterocycles. The molecule has 8 nitrogen and oxygen atoms in total. The van der Waals surface area contributed by atoms with E-state index in [-0.39, 0.29) is 53.4 Å². The lowest BCUT2D eigenvalue weighted by molar-refractivity contribution is -0.137. The first-order chi connectivity index (χ1) is 18.1. The number of hydrogen-bond donors (Lipinski definition) is 2. The summed E-state index contributed by atoms with van der Waals surface area (Å²) < 4.78 is 6.17. The number of hydrogen-bond acceptors (Lipinski definition) is 6. The predicted molar refractivity (Wildman–Crippen MR) is 154 cm³/mol. The number of aryl methyl sites for hydroxylation is 1. The number of pyridine rings is 1. The molecule has 208 valence electrons. The van der Waals surface area contributed by atoms with Crippen LogP contribution in [0.15, 0.2) is 24.3 Å². The van der Waals surface area contributed by atoms with Crippen molar-refractivity contribution in [3.8, 4) is 11.8 Å². The second-order valence-corrected chi connectivity index (χ2v) is 11.3. The molecule has 2 N–H and O–H groups in total. The molecule has 39 heavy (non-hydrogen) atoms. The van der Waals surface area contributed by atoms with Gasteiger partial charge in [-0.3, -0.25) is 15.0 Å². The summed E-state index contributed by atoms with van der Waals surface area (Å²) in [5.41, 5.74) is 4.59. The number of nitrogens with one attached hydrogen (secondary N) is 1. The number of amidine groups is 1. The van der Waals surface area contributed by atoms with Gasteiger partial charge in [-0.2, -0.15) is 5.26 Å². The fourth-order valence-electron chi connectivity index (χ4n) is 4.78. The Balaban J connectivity index is 0.00000420. The van der Waals surface area contributed by atoms with Gasteiger partial charge >= 0.3 is 5.97 Å². The van der Waals surface area contributed by atoms with Crippen LogP contribution in [-0.4, -0.2) is 45.7 Å². The molecule has 2 aliphatic rings. The van der Waals surface area contributed by atoms with Crippen LogP contribution in [0.5, 0.6) is 5.75 Å². The van der Waals surface area contributed by atoms with Crippen LogP contribution in [0.3, 0.4) is 0 Å². The van der Waals surface area contributed by atoms with E-state index >= 15 is 0 Å². The molecule has 1 aromatic heterocycles. The van der Waals surface area contributed by atoms with Gasteiger partial charge in [-0.25, -0.2) is 4.98 Å². The largest absolute Gasteiger partial charge is 0.493 e. The summed E-state index contributed by atoms with van der Waals surface area (Å²) >= 11 is 0. The fourth-order valence-corrected chi connectivity index (χ4v) is 4.78. The first-order valence-corrected chi connectivity index (χ1v) is 13.3. The number of unbranched alkanes of at least 4 members (excludes halogenated alkanes) is 1. The van der Waals surface area contributed by atoms with E-state index in [1.54, 1.807) is 4.90 Å². The van der Waals surface area contributed by atoms with Crippen LogP contribution in [0.2, 0.25) is 0 Å². The Bertz CT molecular complexity index is 1290. The standard InChI is InChI=1S/C30H36N4O4.BrH/c1-30(2,3)23-16-22(15-20(7-6-13-31)28(23)38-14-5-4-8-26(36)37)25(35)18-34-17-21-11-12-24(19-9-10-19)33-27(21)29(34)32;/h11-12,15-16,19,32H,4-10,14,17-18H2,1-3H3,(H,36,37);1H. The number of nitriles is 1. The van der Waals surface area contributed by atoms with E-state index in [9.17, 15) is 14.9 Å². The molecule has 0 saturated heterocycles. The molecule has 2 aromatic rings. The SMILES string of the molecule is Br.CC(C)(C)c1cc(C(=O)CN2Cc3ccc(C4CC4)nc3C2=N)cc(CCC#N)c1OCCCCC(=O)O. The topological polar surface area (TPSA) is 127 Å². The van der Waals surface area contributed by atoms with Gasteiger partial charge in [0.2, 0.25) is 0 Å². The van der Waals surface area contributed by atoms with Crippen molar-refractivity contribution in [2.24, 2.45) is 0 Å². The van der Waals surface area contributed by atoms with Crippen LogP contribution >= 0.6 is 17.0 Å². The van der Waals surface area contributed by atoms with E-state index < -0.39 is 5.97 Å². The summed E-state index contributed by atoms with van der Waals surface area (Å²) in [6.45, 7) is 7.09. The number of ketones is 1. The zero-order valence-corrected chi connectivity index (χ0v) is 24.6. The molecule has 1 saturated carbocycles. The third-order valence-corrected chi connectivity index (χ3v) is 7.07. The van der Waals surface area contributed by atoms with E-state index in [4.69, 9.17) is 20.2 Å². The van der Waals surface area contributed by atoms with Crippen LogP contribution in [-0.2, 0) is 23.2 Å². The highest BCUT2D eigenvalue weighted by Gasteiger charge is 2.32. The quantitative estimate of drug-likeness (QED) is 0.229. The zero-order valence-electron chi connectivity index (χ0n) is 22.9. The minimum Gasteiger partial charge on any atom is -0.493 e. The summed E-state index contributed by atoms with van der Waals surface area (Å²) in [6, 6.07) is 9.96. The van der Waals surface area contributed by atoms with E-state index in [0.717, 1.165) is 35.2 Å². The average molecular weight is 598 g/mol. The maximum Gasteiger partial charge on any atom is 0.303 e. The Morgan fingerprint density at radius 3 is 2.62 bits per heavy atom. The van der Waals surface area contributed by atoms with E-state index in [0.29, 0.717) is 55.3 Å². The highest BCUT2D eigenvalue weighted by Crippen LogP contribution is 2.40. The van der Waals surface area contributed by atoms with Crippen molar-refractivity contribution in [3.05, 3.63) is 57.9 Å². The fraction of sp³-hybridized carbons (Fsp3) is 0.500. The van der Waals surface area contributed by atoms with Gasteiger partial charge in [0.1, 0.15) is 17.3 Å². The highest BCUT2D eigenvalue weighted by atomic mass is 79.9. The normalized spacial score (nSPS) is 14.4. The minimum atomic E-state index is -0.828. The predicted octanol–water partition coefficient (Wildman–Crippen LogP) is 5.95. The maximum absolute atomic E-state index is 13.5. The van der Waals surface area contributed by atoms with Gasteiger partial charge < -0.3 is 14.7 Å². The van der Waals surface area contributed by atoms with Crippen LogP contribution in [0.1, 0.15) is 104 Å². The molecule has 0 atom stereocenters. The molecule has 1 aliphatic heterocycles. The molecule has 0 unspecified atom stereocenters. The Morgan fingerprint density at radius 2 is 1.97 bits per heavy atom. The molecule has 0 spiro atoms. The van der Waals surface area contributed by atoms with Crippen molar-refractivity contribution in [2.45, 2.75) is 83.6 Å². The van der Waals surface area contributed by atoms with Crippen LogP contribution in [0.4, 0.5) is 0 Å². The summed E-state index contributed by atoms with van der Waals surface area (Å²) in [5.74, 6) is 0.549. The lowest BCUT2D eigenvalue weighted by Gasteiger charge is -2.26. The number of fused-ring (bicyclic) bond motifs is 1. The number of aromatic nitrogens is 1. The van der Waals surface area contributed by atoms with E-state index in [1.807, 2.05) is 24.3 Å². The Morgan fingerprint density at radius 1 is 1.23 bits per heavy atom. The van der Waals surface area contributed by atoms with Crippen molar-refractivity contribution < 1.29 is 19.4 Å².